The van der Waals surface area contributed by atoms with E-state index in [1.807, 2.05) is 6.92 Å². The Bertz CT molecular complexity index is 630. The molecule has 0 atom stereocenters. The number of carbonyl (C=O) groups is 1. The Kier molecular flexibility index (Phi) is 4.36. The molecule has 3 nitrogen and oxygen atoms in total. The van der Waals surface area contributed by atoms with Crippen LogP contribution in [0.3, 0.4) is 0 Å². The van der Waals surface area contributed by atoms with Crippen molar-refractivity contribution in [2.45, 2.75) is 19.8 Å². The second-order valence-electron chi connectivity index (χ2n) is 3.85. The summed E-state index contributed by atoms with van der Waals surface area (Å²) in [6, 6.07) is 2.27. The van der Waals surface area contributed by atoms with E-state index in [9.17, 15) is 13.6 Å². The van der Waals surface area contributed by atoms with Crippen LogP contribution in [0.2, 0.25) is 0 Å². The van der Waals surface area contributed by atoms with E-state index in [2.05, 4.69) is 25.5 Å². The molecule has 100 valence electrons. The standard InChI is InChI=1S/C12H9BrF2N2OS/c1-2-3-8-12(19-17-16-8)11(18)9-7(14)5-4-6(13)10(9)15/h4-5H,2-3H2,1H3. The van der Waals surface area contributed by atoms with Gasteiger partial charge < -0.3 is 0 Å². The fraction of sp³-hybridized carbons (Fsp3) is 0.250. The minimum absolute atomic E-state index is 0.0479. The van der Waals surface area contributed by atoms with Crippen LogP contribution in [0.4, 0.5) is 8.78 Å². The van der Waals surface area contributed by atoms with Crippen molar-refractivity contribution < 1.29 is 13.6 Å². The molecule has 1 heterocycles. The summed E-state index contributed by atoms with van der Waals surface area (Å²) >= 11 is 3.80. The Labute approximate surface area is 120 Å². The lowest BCUT2D eigenvalue weighted by atomic mass is 10.1. The second-order valence-corrected chi connectivity index (χ2v) is 5.45. The number of hydrogen-bond donors (Lipinski definition) is 0. The van der Waals surface area contributed by atoms with E-state index in [1.54, 1.807) is 0 Å². The SMILES string of the molecule is CCCc1nnsc1C(=O)c1c(F)ccc(Br)c1F. The quantitative estimate of drug-likeness (QED) is 0.625. The number of carbonyl (C=O) groups excluding carboxylic acids is 1. The molecule has 2 rings (SSSR count). The summed E-state index contributed by atoms with van der Waals surface area (Å²) in [7, 11) is 0. The van der Waals surface area contributed by atoms with Gasteiger partial charge in [-0.1, -0.05) is 17.8 Å². The van der Waals surface area contributed by atoms with Gasteiger partial charge in [0.05, 0.1) is 15.7 Å². The molecule has 0 unspecified atom stereocenters. The van der Waals surface area contributed by atoms with Crippen LogP contribution < -0.4 is 0 Å². The number of aromatic nitrogens is 2. The summed E-state index contributed by atoms with van der Waals surface area (Å²) in [6.45, 7) is 1.92. The first kappa shape index (κ1) is 14.2. The third-order valence-corrected chi connectivity index (χ3v) is 3.90. The molecule has 0 radical (unpaired) electrons. The Morgan fingerprint density at radius 3 is 2.84 bits per heavy atom. The van der Waals surface area contributed by atoms with Crippen LogP contribution in [0.25, 0.3) is 0 Å². The van der Waals surface area contributed by atoms with Crippen LogP contribution in [0.5, 0.6) is 0 Å². The fourth-order valence-electron chi connectivity index (χ4n) is 1.63. The summed E-state index contributed by atoms with van der Waals surface area (Å²) in [5.41, 5.74) is -0.0888. The van der Waals surface area contributed by atoms with Crippen LogP contribution in [0, 0.1) is 11.6 Å². The summed E-state index contributed by atoms with van der Waals surface area (Å²) in [5.74, 6) is -2.50. The molecular weight excluding hydrogens is 338 g/mol. The maximum absolute atomic E-state index is 13.9. The maximum Gasteiger partial charge on any atom is 0.212 e. The van der Waals surface area contributed by atoms with Gasteiger partial charge in [-0.25, -0.2) is 8.78 Å². The molecule has 7 heteroatoms. The fourth-order valence-corrected chi connectivity index (χ4v) is 2.61. The Balaban J connectivity index is 2.50. The number of nitrogens with zero attached hydrogens (tertiary/aromatic N) is 2. The normalized spacial score (nSPS) is 10.7. The van der Waals surface area contributed by atoms with Crippen molar-refractivity contribution in [3.05, 3.63) is 44.4 Å². The van der Waals surface area contributed by atoms with Crippen LogP contribution in [-0.2, 0) is 6.42 Å². The van der Waals surface area contributed by atoms with Crippen molar-refractivity contribution >= 4 is 33.2 Å². The first-order valence-corrected chi connectivity index (χ1v) is 7.12. The predicted molar refractivity (Wildman–Crippen MR) is 71.4 cm³/mol. The van der Waals surface area contributed by atoms with E-state index in [4.69, 9.17) is 0 Å². The predicted octanol–water partition coefficient (Wildman–Crippen LogP) is 3.76. The molecule has 1 aromatic heterocycles. The Morgan fingerprint density at radius 1 is 1.42 bits per heavy atom. The molecule has 0 saturated heterocycles. The molecule has 0 aliphatic heterocycles. The Morgan fingerprint density at radius 2 is 2.16 bits per heavy atom. The first-order valence-electron chi connectivity index (χ1n) is 5.55. The molecule has 1 aromatic carbocycles. The van der Waals surface area contributed by atoms with Gasteiger partial charge in [0.1, 0.15) is 10.7 Å². The molecule has 0 aliphatic carbocycles. The van der Waals surface area contributed by atoms with Gasteiger partial charge in [0.15, 0.2) is 5.82 Å². The number of benzene rings is 1. The van der Waals surface area contributed by atoms with E-state index in [0.717, 1.165) is 24.0 Å². The third-order valence-electron chi connectivity index (χ3n) is 2.52. The van der Waals surface area contributed by atoms with Crippen molar-refractivity contribution in [2.75, 3.05) is 0 Å². The summed E-state index contributed by atoms with van der Waals surface area (Å²) in [5, 5.41) is 3.83. The van der Waals surface area contributed by atoms with Crippen molar-refractivity contribution in [2.24, 2.45) is 0 Å². The zero-order valence-corrected chi connectivity index (χ0v) is 12.3. The molecule has 2 aromatic rings. The summed E-state index contributed by atoms with van der Waals surface area (Å²) in [6.07, 6.45) is 1.32. The van der Waals surface area contributed by atoms with Crippen LogP contribution in [0.15, 0.2) is 16.6 Å². The summed E-state index contributed by atoms with van der Waals surface area (Å²) < 4.78 is 31.3. The number of halogens is 3. The van der Waals surface area contributed by atoms with Gasteiger partial charge in [-0.2, -0.15) is 0 Å². The molecule has 0 saturated carbocycles. The van der Waals surface area contributed by atoms with Crippen LogP contribution in [-0.4, -0.2) is 15.4 Å². The lowest BCUT2D eigenvalue weighted by molar-refractivity contribution is 0.103. The number of aryl methyl sites for hydroxylation is 1. The van der Waals surface area contributed by atoms with E-state index in [0.29, 0.717) is 12.1 Å². The molecule has 0 fully saturated rings. The minimum atomic E-state index is -0.902. The third kappa shape index (κ3) is 2.71. The molecular formula is C12H9BrF2N2OS. The van der Waals surface area contributed by atoms with E-state index in [-0.39, 0.29) is 9.35 Å². The maximum atomic E-state index is 13.9. The van der Waals surface area contributed by atoms with Gasteiger partial charge in [0, 0.05) is 0 Å². The smallest absolute Gasteiger partial charge is 0.212 e. The molecule has 0 amide bonds. The highest BCUT2D eigenvalue weighted by Crippen LogP contribution is 2.26. The Hall–Kier alpha value is -1.21. The second kappa shape index (κ2) is 5.83. The topological polar surface area (TPSA) is 42.9 Å². The highest BCUT2D eigenvalue weighted by molar-refractivity contribution is 9.10. The van der Waals surface area contributed by atoms with E-state index < -0.39 is 23.0 Å². The van der Waals surface area contributed by atoms with E-state index in [1.165, 1.54) is 6.07 Å². The minimum Gasteiger partial charge on any atom is -0.287 e. The van der Waals surface area contributed by atoms with Crippen molar-refractivity contribution in [1.29, 1.82) is 0 Å². The molecule has 0 bridgehead atoms. The van der Waals surface area contributed by atoms with Gasteiger partial charge >= 0.3 is 0 Å². The van der Waals surface area contributed by atoms with E-state index >= 15 is 0 Å². The van der Waals surface area contributed by atoms with Crippen LogP contribution >= 0.6 is 27.5 Å². The van der Waals surface area contributed by atoms with Crippen molar-refractivity contribution in [1.82, 2.24) is 9.59 Å². The lowest BCUT2D eigenvalue weighted by Gasteiger charge is -2.05. The van der Waals surface area contributed by atoms with Crippen molar-refractivity contribution in [3.8, 4) is 0 Å². The molecule has 0 N–H and O–H groups in total. The number of ketones is 1. The lowest BCUT2D eigenvalue weighted by Crippen LogP contribution is -2.09. The zero-order valence-electron chi connectivity index (χ0n) is 9.91. The van der Waals surface area contributed by atoms with Gasteiger partial charge in [0.25, 0.3) is 0 Å². The zero-order chi connectivity index (χ0) is 14.0. The molecule has 19 heavy (non-hydrogen) atoms. The molecule has 0 spiro atoms. The average molecular weight is 347 g/mol. The summed E-state index contributed by atoms with van der Waals surface area (Å²) in [4.78, 5) is 12.4. The average Bonchev–Trinajstić information content (AvgIpc) is 2.83. The van der Waals surface area contributed by atoms with Crippen molar-refractivity contribution in [3.63, 3.8) is 0 Å². The largest absolute Gasteiger partial charge is 0.287 e. The highest BCUT2D eigenvalue weighted by Gasteiger charge is 2.25. The van der Waals surface area contributed by atoms with Crippen LogP contribution in [0.1, 0.15) is 34.3 Å². The number of rotatable bonds is 4. The highest BCUT2D eigenvalue weighted by atomic mass is 79.9. The van der Waals surface area contributed by atoms with Gasteiger partial charge in [0.2, 0.25) is 5.78 Å². The monoisotopic (exact) mass is 346 g/mol. The van der Waals surface area contributed by atoms with Gasteiger partial charge in [-0.3, -0.25) is 4.79 Å². The number of hydrogen-bond acceptors (Lipinski definition) is 4. The molecule has 0 aliphatic rings. The van der Waals surface area contributed by atoms with Gasteiger partial charge in [-0.15, -0.1) is 5.10 Å². The first-order chi connectivity index (χ1) is 9.06. The van der Waals surface area contributed by atoms with Gasteiger partial charge in [-0.05, 0) is 46.0 Å².